The molecule has 0 N–H and O–H groups in total. The van der Waals surface area contributed by atoms with Crippen molar-refractivity contribution < 1.29 is 24.1 Å². The van der Waals surface area contributed by atoms with Gasteiger partial charge in [0.2, 0.25) is 12.1 Å². The van der Waals surface area contributed by atoms with Crippen molar-refractivity contribution in [3.63, 3.8) is 0 Å². The maximum atomic E-state index is 12.2. The first-order valence-corrected chi connectivity index (χ1v) is 8.89. The smallest absolute Gasteiger partial charge is 0.309 e. The number of nitro groups is 2. The van der Waals surface area contributed by atoms with Crippen molar-refractivity contribution in [3.05, 3.63) is 50.1 Å². The van der Waals surface area contributed by atoms with E-state index in [1.165, 1.54) is 7.11 Å². The second-order valence-corrected chi connectivity index (χ2v) is 6.71. The van der Waals surface area contributed by atoms with Gasteiger partial charge in [0.05, 0.1) is 19.6 Å². The number of methoxy groups -OCH3 is 1. The van der Waals surface area contributed by atoms with Gasteiger partial charge in [-0.3, -0.25) is 25.0 Å². The Morgan fingerprint density at radius 3 is 2.30 bits per heavy atom. The second kappa shape index (κ2) is 8.79. The lowest BCUT2D eigenvalue weighted by atomic mass is 9.67. The average Bonchev–Trinajstić information content (AvgIpc) is 2.66. The molecule has 0 aromatic heterocycles. The van der Waals surface area contributed by atoms with Gasteiger partial charge >= 0.3 is 5.97 Å². The van der Waals surface area contributed by atoms with E-state index in [9.17, 15) is 25.0 Å². The monoisotopic (exact) mass is 380 g/mol. The third kappa shape index (κ3) is 4.35. The summed E-state index contributed by atoms with van der Waals surface area (Å²) in [6.45, 7) is 3.44. The number of hydrogen-bond acceptors (Lipinski definition) is 7. The molecule has 1 aromatic carbocycles. The van der Waals surface area contributed by atoms with Crippen LogP contribution in [0.25, 0.3) is 0 Å². The fraction of sp³-hybridized carbons (Fsp3) is 0.611. The molecule has 27 heavy (non-hydrogen) atoms. The Morgan fingerprint density at radius 1 is 1.19 bits per heavy atom. The number of carbonyl (C=O) groups is 1. The molecular weight excluding hydrogens is 356 g/mol. The molecule has 1 saturated carbocycles. The van der Waals surface area contributed by atoms with Crippen LogP contribution in [0.15, 0.2) is 24.3 Å². The van der Waals surface area contributed by atoms with Crippen LogP contribution >= 0.6 is 0 Å². The van der Waals surface area contributed by atoms with E-state index < -0.39 is 45.7 Å². The Hall–Kier alpha value is -2.71. The molecule has 0 amide bonds. The number of carbonyl (C=O) groups excluding carboxylic acids is 1. The third-order valence-electron chi connectivity index (χ3n) is 5.33. The van der Waals surface area contributed by atoms with Crippen LogP contribution in [-0.4, -0.2) is 41.6 Å². The summed E-state index contributed by atoms with van der Waals surface area (Å²) in [5, 5.41) is 23.5. The third-order valence-corrected chi connectivity index (χ3v) is 5.33. The van der Waals surface area contributed by atoms with E-state index >= 15 is 0 Å². The minimum Gasteiger partial charge on any atom is -0.497 e. The van der Waals surface area contributed by atoms with Gasteiger partial charge < -0.3 is 9.47 Å². The van der Waals surface area contributed by atoms with Gasteiger partial charge in [-0.2, -0.15) is 0 Å². The fourth-order valence-corrected chi connectivity index (χ4v) is 3.97. The molecule has 9 heteroatoms. The Morgan fingerprint density at radius 2 is 1.81 bits per heavy atom. The van der Waals surface area contributed by atoms with E-state index in [0.717, 1.165) is 0 Å². The molecule has 1 aliphatic carbocycles. The predicted molar refractivity (Wildman–Crippen MR) is 95.8 cm³/mol. The topological polar surface area (TPSA) is 122 Å². The van der Waals surface area contributed by atoms with E-state index in [1.54, 1.807) is 38.1 Å². The maximum Gasteiger partial charge on any atom is 0.309 e. The van der Waals surface area contributed by atoms with Crippen LogP contribution in [-0.2, 0) is 9.53 Å². The van der Waals surface area contributed by atoms with Gasteiger partial charge in [0.25, 0.3) is 0 Å². The van der Waals surface area contributed by atoms with Crippen molar-refractivity contribution in [2.24, 2.45) is 11.8 Å². The summed E-state index contributed by atoms with van der Waals surface area (Å²) in [7, 11) is 1.49. The normalized spacial score (nSPS) is 26.0. The molecule has 1 aliphatic rings. The van der Waals surface area contributed by atoms with E-state index in [-0.39, 0.29) is 19.4 Å². The van der Waals surface area contributed by atoms with Gasteiger partial charge in [-0.1, -0.05) is 19.1 Å². The molecule has 1 fully saturated rings. The van der Waals surface area contributed by atoms with Crippen LogP contribution in [0.1, 0.15) is 38.2 Å². The zero-order chi connectivity index (χ0) is 20.1. The Balaban J connectivity index is 2.45. The molecule has 5 atom stereocenters. The first kappa shape index (κ1) is 20.6. The molecule has 0 spiro atoms. The van der Waals surface area contributed by atoms with E-state index in [2.05, 4.69) is 0 Å². The Kier molecular flexibility index (Phi) is 6.70. The summed E-state index contributed by atoms with van der Waals surface area (Å²) in [5.74, 6) is -2.24. The van der Waals surface area contributed by atoms with Crippen molar-refractivity contribution in [3.8, 4) is 5.75 Å². The predicted octanol–water partition coefficient (Wildman–Crippen LogP) is 2.68. The molecule has 1 aromatic rings. The highest BCUT2D eigenvalue weighted by Crippen LogP contribution is 2.43. The highest BCUT2D eigenvalue weighted by molar-refractivity contribution is 5.72. The van der Waals surface area contributed by atoms with E-state index in [1.807, 2.05) is 0 Å². The lowest BCUT2D eigenvalue weighted by molar-refractivity contribution is -0.581. The van der Waals surface area contributed by atoms with Crippen LogP contribution in [0.2, 0.25) is 0 Å². The van der Waals surface area contributed by atoms with E-state index in [4.69, 9.17) is 9.47 Å². The van der Waals surface area contributed by atoms with Gasteiger partial charge in [0.1, 0.15) is 11.7 Å². The molecule has 0 aliphatic heterocycles. The van der Waals surface area contributed by atoms with Crippen molar-refractivity contribution >= 4 is 5.97 Å². The number of nitrogens with zero attached hydrogens (tertiary/aromatic N) is 2. The zero-order valence-electron chi connectivity index (χ0n) is 15.6. The second-order valence-electron chi connectivity index (χ2n) is 6.71. The standard InChI is InChI=1S/C18H24N2O7/c1-4-27-18(21)11(2)14-9-10-15(19(22)23)16(17(14)20(24)25)12-5-7-13(26-3)8-6-12/h5-8,11,14-17H,4,9-10H2,1-3H3/t11-,14-,15+,16-,17-/m1/s1. The van der Waals surface area contributed by atoms with Crippen LogP contribution in [0, 0.1) is 32.1 Å². The van der Waals surface area contributed by atoms with Gasteiger partial charge in [0, 0.05) is 22.2 Å². The Bertz CT molecular complexity index is 691. The average molecular weight is 380 g/mol. The zero-order valence-corrected chi connectivity index (χ0v) is 15.6. The number of esters is 1. The molecule has 0 saturated heterocycles. The summed E-state index contributed by atoms with van der Waals surface area (Å²) in [4.78, 5) is 34.8. The van der Waals surface area contributed by atoms with Gasteiger partial charge in [0.15, 0.2) is 0 Å². The number of hydrogen-bond donors (Lipinski definition) is 0. The van der Waals surface area contributed by atoms with Crippen LogP contribution in [0.3, 0.4) is 0 Å². The first-order valence-electron chi connectivity index (χ1n) is 8.89. The van der Waals surface area contributed by atoms with Crippen molar-refractivity contribution in [1.29, 1.82) is 0 Å². The number of ether oxygens (including phenoxy) is 2. The highest BCUT2D eigenvalue weighted by atomic mass is 16.6. The lowest BCUT2D eigenvalue weighted by Crippen LogP contribution is -2.50. The van der Waals surface area contributed by atoms with Crippen molar-refractivity contribution in [2.45, 2.75) is 44.7 Å². The largest absolute Gasteiger partial charge is 0.497 e. The summed E-state index contributed by atoms with van der Waals surface area (Å²) in [6.07, 6.45) is 0.395. The minimum atomic E-state index is -1.25. The van der Waals surface area contributed by atoms with Crippen LogP contribution < -0.4 is 4.74 Å². The lowest BCUT2D eigenvalue weighted by Gasteiger charge is -2.36. The summed E-state index contributed by atoms with van der Waals surface area (Å²) >= 11 is 0. The molecular formula is C18H24N2O7. The minimum absolute atomic E-state index is 0.169. The summed E-state index contributed by atoms with van der Waals surface area (Å²) in [5.41, 5.74) is 0.500. The van der Waals surface area contributed by atoms with Crippen LogP contribution in [0.5, 0.6) is 5.75 Å². The SMILES string of the molecule is CCOC(=O)[C@H](C)[C@H]1CC[C@H]([N+](=O)[O-])[C@@H](c2ccc(OC)cc2)[C@@H]1[N+](=O)[O-]. The van der Waals surface area contributed by atoms with Crippen molar-refractivity contribution in [2.75, 3.05) is 13.7 Å². The van der Waals surface area contributed by atoms with Gasteiger partial charge in [-0.05, 0) is 31.0 Å². The number of rotatable bonds is 7. The van der Waals surface area contributed by atoms with E-state index in [0.29, 0.717) is 11.3 Å². The first-order chi connectivity index (χ1) is 12.8. The fourth-order valence-electron chi connectivity index (χ4n) is 3.97. The molecule has 2 rings (SSSR count). The highest BCUT2D eigenvalue weighted by Gasteiger charge is 2.55. The summed E-state index contributed by atoms with van der Waals surface area (Å²) < 4.78 is 10.1. The Labute approximate surface area is 156 Å². The quantitative estimate of drug-likeness (QED) is 0.405. The number of benzene rings is 1. The van der Waals surface area contributed by atoms with Crippen molar-refractivity contribution in [1.82, 2.24) is 0 Å². The maximum absolute atomic E-state index is 12.2. The summed E-state index contributed by atoms with van der Waals surface area (Å²) in [6, 6.07) is 4.16. The molecule has 0 radical (unpaired) electrons. The van der Waals surface area contributed by atoms with Crippen LogP contribution in [0.4, 0.5) is 0 Å². The molecule has 0 heterocycles. The molecule has 0 bridgehead atoms. The molecule has 0 unspecified atom stereocenters. The molecule has 148 valence electrons. The van der Waals surface area contributed by atoms with Gasteiger partial charge in [-0.15, -0.1) is 0 Å². The molecule has 9 nitrogen and oxygen atoms in total. The van der Waals surface area contributed by atoms with Gasteiger partial charge in [-0.25, -0.2) is 0 Å².